The zero-order valence-corrected chi connectivity index (χ0v) is 10.3. The molecule has 19 heavy (non-hydrogen) atoms. The Morgan fingerprint density at radius 1 is 1.16 bits per heavy atom. The molecule has 8 heteroatoms. The van der Waals surface area contributed by atoms with Gasteiger partial charge in [-0.15, -0.1) is 0 Å². The van der Waals surface area contributed by atoms with Crippen molar-refractivity contribution >= 4 is 12.0 Å². The summed E-state index contributed by atoms with van der Waals surface area (Å²) in [5.41, 5.74) is -1.35. The number of hydrogen-bond acceptors (Lipinski definition) is 2. The van der Waals surface area contributed by atoms with Crippen LogP contribution in [0.4, 0.5) is 18.0 Å². The van der Waals surface area contributed by atoms with Crippen LogP contribution in [-0.4, -0.2) is 35.4 Å². The number of nitrogens with one attached hydrogen (secondary N) is 2. The largest absolute Gasteiger partial charge is 0.480 e. The van der Waals surface area contributed by atoms with Crippen LogP contribution in [0.3, 0.4) is 0 Å². The Kier molecular flexibility index (Phi) is 5.02. The molecule has 0 aromatic carbocycles. The molecule has 1 aliphatic carbocycles. The van der Waals surface area contributed by atoms with E-state index in [0.717, 1.165) is 6.42 Å². The summed E-state index contributed by atoms with van der Waals surface area (Å²) >= 11 is 0. The quantitative estimate of drug-likeness (QED) is 0.738. The maximum Gasteiger partial charge on any atom is 0.390 e. The lowest BCUT2D eigenvalue weighted by Gasteiger charge is -2.33. The molecule has 2 amide bonds. The van der Waals surface area contributed by atoms with Crippen molar-refractivity contribution < 1.29 is 27.9 Å². The highest BCUT2D eigenvalue weighted by Gasteiger charge is 2.41. The Morgan fingerprint density at radius 2 is 1.74 bits per heavy atom. The van der Waals surface area contributed by atoms with E-state index in [4.69, 9.17) is 5.11 Å². The summed E-state index contributed by atoms with van der Waals surface area (Å²) < 4.78 is 35.7. The maximum absolute atomic E-state index is 11.9. The van der Waals surface area contributed by atoms with Gasteiger partial charge in [0.05, 0.1) is 6.42 Å². The van der Waals surface area contributed by atoms with Gasteiger partial charge in [-0.3, -0.25) is 0 Å². The van der Waals surface area contributed by atoms with Gasteiger partial charge in [0.25, 0.3) is 0 Å². The van der Waals surface area contributed by atoms with E-state index >= 15 is 0 Å². The molecular weight excluding hydrogens is 265 g/mol. The van der Waals surface area contributed by atoms with Gasteiger partial charge in [0.2, 0.25) is 0 Å². The molecule has 1 saturated carbocycles. The number of amides is 2. The second kappa shape index (κ2) is 6.12. The first kappa shape index (κ1) is 15.6. The van der Waals surface area contributed by atoms with Crippen LogP contribution in [0.5, 0.6) is 0 Å². The van der Waals surface area contributed by atoms with Crippen molar-refractivity contribution in [3.8, 4) is 0 Å². The number of carbonyl (C=O) groups excluding carboxylic acids is 1. The molecule has 0 atom stereocenters. The summed E-state index contributed by atoms with van der Waals surface area (Å²) in [4.78, 5) is 22.7. The van der Waals surface area contributed by atoms with Gasteiger partial charge < -0.3 is 15.7 Å². The Labute approximate surface area is 108 Å². The van der Waals surface area contributed by atoms with Gasteiger partial charge in [0.15, 0.2) is 0 Å². The van der Waals surface area contributed by atoms with Crippen LogP contribution < -0.4 is 10.6 Å². The lowest BCUT2D eigenvalue weighted by molar-refractivity contribution is -0.146. The van der Waals surface area contributed by atoms with Crippen LogP contribution in [0.1, 0.15) is 38.5 Å². The molecule has 110 valence electrons. The number of rotatable bonds is 4. The van der Waals surface area contributed by atoms with E-state index in [1.54, 1.807) is 0 Å². The first-order chi connectivity index (χ1) is 8.75. The fraction of sp³-hybridized carbons (Fsp3) is 0.818. The third kappa shape index (κ3) is 4.96. The summed E-state index contributed by atoms with van der Waals surface area (Å²) in [6.07, 6.45) is -2.64. The normalized spacial score (nSPS) is 18.7. The van der Waals surface area contributed by atoms with E-state index in [1.807, 2.05) is 5.32 Å². The number of aliphatic carboxylic acids is 1. The van der Waals surface area contributed by atoms with Crippen molar-refractivity contribution in [1.29, 1.82) is 0 Å². The second-order valence-electron chi connectivity index (χ2n) is 4.69. The van der Waals surface area contributed by atoms with Crippen molar-refractivity contribution in [3.63, 3.8) is 0 Å². The molecule has 0 radical (unpaired) electrons. The Hall–Kier alpha value is -1.47. The van der Waals surface area contributed by atoms with Gasteiger partial charge >= 0.3 is 18.2 Å². The fourth-order valence-electron chi connectivity index (χ4n) is 2.13. The number of alkyl halides is 3. The molecule has 1 rings (SSSR count). The highest BCUT2D eigenvalue weighted by Crippen LogP contribution is 2.28. The third-order valence-corrected chi connectivity index (χ3v) is 3.16. The zero-order valence-electron chi connectivity index (χ0n) is 10.3. The molecule has 5 nitrogen and oxygen atoms in total. The summed E-state index contributed by atoms with van der Waals surface area (Å²) in [6.45, 7) is -0.564. The molecule has 0 saturated heterocycles. The summed E-state index contributed by atoms with van der Waals surface area (Å²) in [5, 5.41) is 13.5. The SMILES string of the molecule is O=C(NCCC(F)(F)F)NC1(C(=O)O)CCCCC1. The van der Waals surface area contributed by atoms with E-state index in [2.05, 4.69) is 5.32 Å². The van der Waals surface area contributed by atoms with Crippen LogP contribution in [0, 0.1) is 0 Å². The predicted octanol–water partition coefficient (Wildman–Crippen LogP) is 2.03. The van der Waals surface area contributed by atoms with Crippen molar-refractivity contribution in [1.82, 2.24) is 10.6 Å². The number of carbonyl (C=O) groups is 2. The summed E-state index contributed by atoms with van der Waals surface area (Å²) in [6, 6.07) is -0.867. The minimum atomic E-state index is -4.34. The lowest BCUT2D eigenvalue weighted by atomic mass is 9.82. The molecule has 1 fully saturated rings. The predicted molar refractivity (Wildman–Crippen MR) is 60.7 cm³/mol. The van der Waals surface area contributed by atoms with Gasteiger partial charge in [0.1, 0.15) is 5.54 Å². The van der Waals surface area contributed by atoms with Crippen molar-refractivity contribution in [2.45, 2.75) is 50.2 Å². The van der Waals surface area contributed by atoms with E-state index in [0.29, 0.717) is 25.7 Å². The van der Waals surface area contributed by atoms with E-state index in [1.165, 1.54) is 0 Å². The van der Waals surface area contributed by atoms with E-state index in [-0.39, 0.29) is 0 Å². The molecule has 0 bridgehead atoms. The molecule has 0 aromatic heterocycles. The first-order valence-corrected chi connectivity index (χ1v) is 6.11. The molecule has 0 spiro atoms. The second-order valence-corrected chi connectivity index (χ2v) is 4.69. The van der Waals surface area contributed by atoms with Gasteiger partial charge in [-0.2, -0.15) is 13.2 Å². The standard InChI is InChI=1S/C11H17F3N2O3/c12-11(13,14)6-7-15-9(19)16-10(8(17)18)4-2-1-3-5-10/h1-7H2,(H,17,18)(H2,15,16,19). The molecule has 0 heterocycles. The van der Waals surface area contributed by atoms with Crippen molar-refractivity contribution in [2.75, 3.05) is 6.54 Å². The van der Waals surface area contributed by atoms with E-state index < -0.39 is 36.7 Å². The van der Waals surface area contributed by atoms with Crippen LogP contribution in [-0.2, 0) is 4.79 Å². The average Bonchev–Trinajstić information content (AvgIpc) is 2.28. The molecule has 0 aromatic rings. The number of urea groups is 1. The number of halogens is 3. The van der Waals surface area contributed by atoms with Gasteiger partial charge in [-0.05, 0) is 12.8 Å². The van der Waals surface area contributed by atoms with Crippen molar-refractivity contribution in [3.05, 3.63) is 0 Å². The van der Waals surface area contributed by atoms with Crippen LogP contribution >= 0.6 is 0 Å². The number of hydrogen-bond donors (Lipinski definition) is 3. The van der Waals surface area contributed by atoms with Gasteiger partial charge in [-0.1, -0.05) is 19.3 Å². The Morgan fingerprint density at radius 3 is 2.21 bits per heavy atom. The van der Waals surface area contributed by atoms with Crippen LogP contribution in [0.15, 0.2) is 0 Å². The number of carboxylic acids is 1. The summed E-state index contributed by atoms with van der Waals surface area (Å²) in [5.74, 6) is -1.14. The fourth-order valence-corrected chi connectivity index (χ4v) is 2.13. The smallest absolute Gasteiger partial charge is 0.390 e. The van der Waals surface area contributed by atoms with Gasteiger partial charge in [0, 0.05) is 6.54 Å². The Balaban J connectivity index is 2.46. The average molecular weight is 282 g/mol. The minimum absolute atomic E-state index is 0.301. The van der Waals surface area contributed by atoms with Gasteiger partial charge in [-0.25, -0.2) is 9.59 Å². The summed E-state index contributed by atoms with van der Waals surface area (Å²) in [7, 11) is 0. The lowest BCUT2D eigenvalue weighted by Crippen LogP contribution is -2.58. The Bertz CT molecular complexity index is 339. The van der Waals surface area contributed by atoms with Crippen molar-refractivity contribution in [2.24, 2.45) is 0 Å². The maximum atomic E-state index is 11.9. The molecule has 0 unspecified atom stereocenters. The first-order valence-electron chi connectivity index (χ1n) is 6.11. The molecular formula is C11H17F3N2O3. The van der Waals surface area contributed by atoms with E-state index in [9.17, 15) is 22.8 Å². The monoisotopic (exact) mass is 282 g/mol. The highest BCUT2D eigenvalue weighted by atomic mass is 19.4. The molecule has 3 N–H and O–H groups in total. The van der Waals surface area contributed by atoms with Crippen LogP contribution in [0.2, 0.25) is 0 Å². The third-order valence-electron chi connectivity index (χ3n) is 3.16. The molecule has 1 aliphatic rings. The minimum Gasteiger partial charge on any atom is -0.480 e. The topological polar surface area (TPSA) is 78.4 Å². The number of carboxylic acid groups (broad SMARTS) is 1. The van der Waals surface area contributed by atoms with Crippen LogP contribution in [0.25, 0.3) is 0 Å². The highest BCUT2D eigenvalue weighted by molar-refractivity contribution is 5.86. The zero-order chi connectivity index (χ0) is 14.5. The molecule has 0 aliphatic heterocycles.